The van der Waals surface area contributed by atoms with Crippen molar-refractivity contribution in [3.8, 4) is 0 Å². The summed E-state index contributed by atoms with van der Waals surface area (Å²) >= 11 is 0. The molecule has 2 N–H and O–H groups in total. The first-order chi connectivity index (χ1) is 9.46. The summed E-state index contributed by atoms with van der Waals surface area (Å²) in [5, 5.41) is 0. The Morgan fingerprint density at radius 1 is 1.05 bits per heavy atom. The molecule has 2 aromatic rings. The smallest absolute Gasteiger partial charge is 0.266 e. The van der Waals surface area contributed by atoms with Crippen molar-refractivity contribution in [1.29, 1.82) is 0 Å². The number of nitrogen functional groups attached to an aromatic ring is 1. The Bertz CT molecular complexity index is 694. The lowest BCUT2D eigenvalue weighted by atomic mass is 10.2. The molecule has 0 unspecified atom stereocenters. The predicted molar refractivity (Wildman–Crippen MR) is 82.2 cm³/mol. The molecule has 0 aliphatic carbocycles. The van der Waals surface area contributed by atoms with Gasteiger partial charge in [-0.3, -0.25) is 4.31 Å². The molecule has 5 heteroatoms. The Morgan fingerprint density at radius 3 is 2.20 bits per heavy atom. The van der Waals surface area contributed by atoms with Crippen LogP contribution in [-0.2, 0) is 10.0 Å². The summed E-state index contributed by atoms with van der Waals surface area (Å²) in [4.78, 5) is 0.141. The molecule has 2 aromatic carbocycles. The van der Waals surface area contributed by atoms with Crippen LogP contribution in [0.15, 0.2) is 53.4 Å². The second-order valence-corrected chi connectivity index (χ2v) is 6.37. The highest BCUT2D eigenvalue weighted by Crippen LogP contribution is 2.26. The van der Waals surface area contributed by atoms with Crippen LogP contribution in [0.2, 0.25) is 0 Å². The van der Waals surface area contributed by atoms with E-state index in [4.69, 9.17) is 5.73 Å². The van der Waals surface area contributed by atoms with Crippen molar-refractivity contribution in [2.45, 2.75) is 18.7 Å². The number of nitrogens with zero attached hydrogens (tertiary/aromatic N) is 1. The lowest BCUT2D eigenvalue weighted by Crippen LogP contribution is -2.31. The minimum Gasteiger partial charge on any atom is -0.398 e. The van der Waals surface area contributed by atoms with Gasteiger partial charge in [0.1, 0.15) is 4.90 Å². The summed E-state index contributed by atoms with van der Waals surface area (Å²) < 4.78 is 26.8. The van der Waals surface area contributed by atoms with Gasteiger partial charge in [0, 0.05) is 6.54 Å². The van der Waals surface area contributed by atoms with Crippen LogP contribution in [0, 0.1) is 6.92 Å². The van der Waals surface area contributed by atoms with Crippen molar-refractivity contribution in [3.63, 3.8) is 0 Å². The standard InChI is InChI=1S/C15H18N2O2S/c1-3-17(13-10-8-12(2)9-11-13)20(18,19)15-7-5-4-6-14(15)16/h4-11H,3,16H2,1-2H3. The second-order valence-electron chi connectivity index (χ2n) is 4.54. The number of hydrogen-bond donors (Lipinski definition) is 1. The first-order valence-corrected chi connectivity index (χ1v) is 7.84. The highest BCUT2D eigenvalue weighted by molar-refractivity contribution is 7.93. The maximum absolute atomic E-state index is 12.7. The van der Waals surface area contributed by atoms with Crippen molar-refractivity contribution in [2.75, 3.05) is 16.6 Å². The van der Waals surface area contributed by atoms with Gasteiger partial charge >= 0.3 is 0 Å². The number of aryl methyl sites for hydroxylation is 1. The first kappa shape index (κ1) is 14.4. The number of hydrogen-bond acceptors (Lipinski definition) is 3. The SMILES string of the molecule is CCN(c1ccc(C)cc1)S(=O)(=O)c1ccccc1N. The monoisotopic (exact) mass is 290 g/mol. The van der Waals surface area contributed by atoms with E-state index in [-0.39, 0.29) is 10.6 Å². The molecule has 106 valence electrons. The molecule has 0 aliphatic rings. The van der Waals surface area contributed by atoms with Gasteiger partial charge in [-0.2, -0.15) is 0 Å². The van der Waals surface area contributed by atoms with E-state index in [2.05, 4.69) is 0 Å². The maximum atomic E-state index is 12.7. The summed E-state index contributed by atoms with van der Waals surface area (Å²) in [6, 6.07) is 13.9. The largest absolute Gasteiger partial charge is 0.398 e. The van der Waals surface area contributed by atoms with Crippen molar-refractivity contribution in [2.24, 2.45) is 0 Å². The van der Waals surface area contributed by atoms with Crippen molar-refractivity contribution < 1.29 is 8.42 Å². The Balaban J connectivity index is 2.51. The van der Waals surface area contributed by atoms with Crippen LogP contribution in [0.1, 0.15) is 12.5 Å². The van der Waals surface area contributed by atoms with Gasteiger partial charge in [0.15, 0.2) is 0 Å². The minimum absolute atomic E-state index is 0.141. The molecule has 2 rings (SSSR count). The average Bonchev–Trinajstić information content (AvgIpc) is 2.42. The highest BCUT2D eigenvalue weighted by Gasteiger charge is 2.25. The van der Waals surface area contributed by atoms with E-state index in [1.54, 1.807) is 37.3 Å². The lowest BCUT2D eigenvalue weighted by Gasteiger charge is -2.23. The maximum Gasteiger partial charge on any atom is 0.266 e. The zero-order chi connectivity index (χ0) is 14.8. The van der Waals surface area contributed by atoms with E-state index in [9.17, 15) is 8.42 Å². The molecule has 0 aliphatic heterocycles. The molecular formula is C15H18N2O2S. The third-order valence-electron chi connectivity index (χ3n) is 3.10. The molecule has 0 saturated carbocycles. The van der Waals surface area contributed by atoms with Gasteiger partial charge in [0.2, 0.25) is 0 Å². The zero-order valence-electron chi connectivity index (χ0n) is 11.6. The van der Waals surface area contributed by atoms with Crippen LogP contribution < -0.4 is 10.0 Å². The molecule has 0 bridgehead atoms. The Morgan fingerprint density at radius 2 is 1.65 bits per heavy atom. The molecule has 0 atom stereocenters. The molecule has 0 amide bonds. The number of nitrogens with two attached hydrogens (primary N) is 1. The molecule has 0 spiro atoms. The van der Waals surface area contributed by atoms with Crippen LogP contribution in [-0.4, -0.2) is 15.0 Å². The molecule has 0 heterocycles. The average molecular weight is 290 g/mol. The predicted octanol–water partition coefficient (Wildman–Crippen LogP) is 2.79. The lowest BCUT2D eigenvalue weighted by molar-refractivity contribution is 0.592. The van der Waals surface area contributed by atoms with E-state index < -0.39 is 10.0 Å². The quantitative estimate of drug-likeness (QED) is 0.881. The molecule has 0 saturated heterocycles. The topological polar surface area (TPSA) is 63.4 Å². The molecule has 0 aromatic heterocycles. The van der Waals surface area contributed by atoms with Gasteiger partial charge in [-0.1, -0.05) is 29.8 Å². The first-order valence-electron chi connectivity index (χ1n) is 6.40. The van der Waals surface area contributed by atoms with E-state index in [0.29, 0.717) is 12.2 Å². The van der Waals surface area contributed by atoms with E-state index >= 15 is 0 Å². The van der Waals surface area contributed by atoms with Crippen LogP contribution >= 0.6 is 0 Å². The number of anilines is 2. The molecule has 4 nitrogen and oxygen atoms in total. The fourth-order valence-electron chi connectivity index (χ4n) is 2.04. The number of para-hydroxylation sites is 1. The van der Waals surface area contributed by atoms with Crippen LogP contribution in [0.4, 0.5) is 11.4 Å². The van der Waals surface area contributed by atoms with Gasteiger partial charge in [0.25, 0.3) is 10.0 Å². The minimum atomic E-state index is -3.64. The summed E-state index contributed by atoms with van der Waals surface area (Å²) in [6.07, 6.45) is 0. The van der Waals surface area contributed by atoms with Crippen LogP contribution in [0.25, 0.3) is 0 Å². The molecule has 20 heavy (non-hydrogen) atoms. The third-order valence-corrected chi connectivity index (χ3v) is 5.07. The van der Waals surface area contributed by atoms with Gasteiger partial charge in [-0.25, -0.2) is 8.42 Å². The fraction of sp³-hybridized carbons (Fsp3) is 0.200. The number of benzene rings is 2. The van der Waals surface area contributed by atoms with Crippen molar-refractivity contribution >= 4 is 21.4 Å². The number of sulfonamides is 1. The fourth-order valence-corrected chi connectivity index (χ4v) is 3.63. The number of rotatable bonds is 4. The highest BCUT2D eigenvalue weighted by atomic mass is 32.2. The summed E-state index contributed by atoms with van der Waals surface area (Å²) in [6.45, 7) is 4.11. The summed E-state index contributed by atoms with van der Waals surface area (Å²) in [7, 11) is -3.64. The molecular weight excluding hydrogens is 272 g/mol. The van der Waals surface area contributed by atoms with Gasteiger partial charge < -0.3 is 5.73 Å². The zero-order valence-corrected chi connectivity index (χ0v) is 12.4. The van der Waals surface area contributed by atoms with E-state index in [1.165, 1.54) is 10.4 Å². The van der Waals surface area contributed by atoms with Crippen LogP contribution in [0.5, 0.6) is 0 Å². The van der Waals surface area contributed by atoms with Gasteiger partial charge in [-0.15, -0.1) is 0 Å². The van der Waals surface area contributed by atoms with Gasteiger partial charge in [0.05, 0.1) is 11.4 Å². The summed E-state index contributed by atoms with van der Waals surface area (Å²) in [5.74, 6) is 0. The van der Waals surface area contributed by atoms with Crippen molar-refractivity contribution in [1.82, 2.24) is 0 Å². The van der Waals surface area contributed by atoms with E-state index in [0.717, 1.165) is 5.56 Å². The Labute approximate surface area is 119 Å². The third kappa shape index (κ3) is 2.63. The summed E-state index contributed by atoms with van der Waals surface area (Å²) in [5.41, 5.74) is 7.78. The second kappa shape index (κ2) is 5.54. The van der Waals surface area contributed by atoms with Crippen molar-refractivity contribution in [3.05, 3.63) is 54.1 Å². The Hall–Kier alpha value is -2.01. The van der Waals surface area contributed by atoms with E-state index in [1.807, 2.05) is 19.1 Å². The normalized spacial score (nSPS) is 11.3. The van der Waals surface area contributed by atoms with Crippen LogP contribution in [0.3, 0.4) is 0 Å². The molecule has 0 fully saturated rings. The Kier molecular flexibility index (Phi) is 3.99. The van der Waals surface area contributed by atoms with Gasteiger partial charge in [-0.05, 0) is 38.1 Å². The molecule has 0 radical (unpaired) electrons.